The highest BCUT2D eigenvalue weighted by atomic mass is 32.2. The van der Waals surface area contributed by atoms with Gasteiger partial charge in [0, 0.05) is 24.3 Å². The van der Waals surface area contributed by atoms with E-state index in [1.54, 1.807) is 11.8 Å². The molecule has 0 radical (unpaired) electrons. The van der Waals surface area contributed by atoms with E-state index in [-0.39, 0.29) is 11.8 Å². The number of amides is 2. The summed E-state index contributed by atoms with van der Waals surface area (Å²) >= 11 is 1.55. The molecular formula is C22H26N4O2S. The van der Waals surface area contributed by atoms with Crippen molar-refractivity contribution >= 4 is 35.0 Å². The molecule has 152 valence electrons. The van der Waals surface area contributed by atoms with Crippen molar-refractivity contribution in [2.75, 3.05) is 11.5 Å². The molecule has 2 amide bonds. The average molecular weight is 411 g/mol. The Morgan fingerprint density at radius 2 is 1.10 bits per heavy atom. The molecule has 7 heteroatoms. The van der Waals surface area contributed by atoms with Gasteiger partial charge in [0.05, 0.1) is 11.4 Å². The Bertz CT molecular complexity index is 780. The third kappa shape index (κ3) is 8.74. The van der Waals surface area contributed by atoms with Gasteiger partial charge in [-0.2, -0.15) is 22.0 Å². The second-order valence-corrected chi connectivity index (χ2v) is 7.53. The zero-order chi connectivity index (χ0) is 20.9. The number of thioether (sulfide) groups is 1. The SMILES string of the molecule is C/C(=N/NC(=O)CCSCCC(=O)N/N=C(\C)c1ccccc1)c1ccccc1. The van der Waals surface area contributed by atoms with Crippen molar-refractivity contribution in [3.05, 3.63) is 71.8 Å². The summed E-state index contributed by atoms with van der Waals surface area (Å²) in [5.74, 6) is 0.983. The predicted molar refractivity (Wildman–Crippen MR) is 120 cm³/mol. The van der Waals surface area contributed by atoms with Gasteiger partial charge in [0.2, 0.25) is 11.8 Å². The van der Waals surface area contributed by atoms with Crippen LogP contribution < -0.4 is 10.9 Å². The molecule has 0 aromatic heterocycles. The Balaban J connectivity index is 1.59. The summed E-state index contributed by atoms with van der Waals surface area (Å²) in [6.45, 7) is 3.70. The fourth-order valence-electron chi connectivity index (χ4n) is 2.32. The molecule has 2 aromatic rings. The molecule has 0 heterocycles. The number of nitrogens with one attached hydrogen (secondary N) is 2. The first-order chi connectivity index (χ1) is 14.1. The van der Waals surface area contributed by atoms with Crippen molar-refractivity contribution in [3.8, 4) is 0 Å². The highest BCUT2D eigenvalue weighted by Crippen LogP contribution is 2.05. The summed E-state index contributed by atoms with van der Waals surface area (Å²) in [6.07, 6.45) is 0.701. The number of carbonyl (C=O) groups is 2. The Kier molecular flexibility index (Phi) is 9.65. The largest absolute Gasteiger partial charge is 0.273 e. The van der Waals surface area contributed by atoms with Crippen LogP contribution in [0.2, 0.25) is 0 Å². The topological polar surface area (TPSA) is 82.9 Å². The maximum Gasteiger partial charge on any atom is 0.240 e. The van der Waals surface area contributed by atoms with Crippen molar-refractivity contribution in [1.29, 1.82) is 0 Å². The van der Waals surface area contributed by atoms with Gasteiger partial charge in [-0.05, 0) is 25.0 Å². The molecule has 0 aliphatic carbocycles. The predicted octanol–water partition coefficient (Wildman–Crippen LogP) is 3.58. The molecule has 0 atom stereocenters. The van der Waals surface area contributed by atoms with Gasteiger partial charge in [0.15, 0.2) is 0 Å². The molecule has 0 bridgehead atoms. The van der Waals surface area contributed by atoms with Gasteiger partial charge in [0.25, 0.3) is 0 Å². The first kappa shape index (κ1) is 22.4. The molecule has 0 saturated heterocycles. The highest BCUT2D eigenvalue weighted by molar-refractivity contribution is 7.99. The summed E-state index contributed by atoms with van der Waals surface area (Å²) in [5.41, 5.74) is 8.59. The molecule has 0 aliphatic heterocycles. The molecule has 2 aromatic carbocycles. The van der Waals surface area contributed by atoms with Crippen molar-refractivity contribution < 1.29 is 9.59 Å². The molecular weight excluding hydrogens is 384 g/mol. The summed E-state index contributed by atoms with van der Waals surface area (Å²) in [4.78, 5) is 23.7. The summed E-state index contributed by atoms with van der Waals surface area (Å²) < 4.78 is 0. The third-order valence-corrected chi connectivity index (χ3v) is 5.01. The molecule has 0 spiro atoms. The molecule has 6 nitrogen and oxygen atoms in total. The number of hydrogen-bond donors (Lipinski definition) is 2. The van der Waals surface area contributed by atoms with Crippen LogP contribution in [0.5, 0.6) is 0 Å². The zero-order valence-corrected chi connectivity index (χ0v) is 17.5. The fourth-order valence-corrected chi connectivity index (χ4v) is 3.19. The van der Waals surface area contributed by atoms with Crippen LogP contribution in [-0.2, 0) is 9.59 Å². The maximum atomic E-state index is 11.9. The first-order valence-electron chi connectivity index (χ1n) is 9.41. The average Bonchev–Trinajstić information content (AvgIpc) is 2.76. The first-order valence-corrected chi connectivity index (χ1v) is 10.6. The molecule has 2 N–H and O–H groups in total. The van der Waals surface area contributed by atoms with E-state index >= 15 is 0 Å². The zero-order valence-electron chi connectivity index (χ0n) is 16.7. The van der Waals surface area contributed by atoms with Crippen LogP contribution in [0, 0.1) is 0 Å². The van der Waals surface area contributed by atoms with Crippen molar-refractivity contribution in [1.82, 2.24) is 10.9 Å². The van der Waals surface area contributed by atoms with Crippen LogP contribution >= 0.6 is 11.8 Å². The second kappa shape index (κ2) is 12.5. The van der Waals surface area contributed by atoms with E-state index in [0.717, 1.165) is 22.6 Å². The van der Waals surface area contributed by atoms with E-state index < -0.39 is 0 Å². The number of hydrogen-bond acceptors (Lipinski definition) is 5. The van der Waals surface area contributed by atoms with Crippen molar-refractivity contribution in [3.63, 3.8) is 0 Å². The number of carbonyl (C=O) groups excluding carboxylic acids is 2. The van der Waals surface area contributed by atoms with Crippen molar-refractivity contribution in [2.45, 2.75) is 26.7 Å². The molecule has 0 fully saturated rings. The summed E-state index contributed by atoms with van der Waals surface area (Å²) in [5, 5.41) is 8.23. The Morgan fingerprint density at radius 1 is 0.724 bits per heavy atom. The fraction of sp³-hybridized carbons (Fsp3) is 0.273. The van der Waals surface area contributed by atoms with Gasteiger partial charge in [-0.1, -0.05) is 60.7 Å². The lowest BCUT2D eigenvalue weighted by Gasteiger charge is -2.04. The van der Waals surface area contributed by atoms with Crippen LogP contribution in [0.4, 0.5) is 0 Å². The summed E-state index contributed by atoms with van der Waals surface area (Å²) in [7, 11) is 0. The van der Waals surface area contributed by atoms with Gasteiger partial charge >= 0.3 is 0 Å². The monoisotopic (exact) mass is 410 g/mol. The lowest BCUT2D eigenvalue weighted by atomic mass is 10.1. The third-order valence-electron chi connectivity index (χ3n) is 4.03. The molecule has 0 saturated carbocycles. The standard InChI is InChI=1S/C22H26N4O2S/c1-17(19-9-5-3-6-10-19)23-25-21(27)13-15-29-16-14-22(28)26-24-18(2)20-11-7-4-8-12-20/h3-12H,13-16H2,1-2H3,(H,25,27)(H,26,28)/b23-17-,24-18+. The van der Waals surface area contributed by atoms with Crippen molar-refractivity contribution in [2.24, 2.45) is 10.2 Å². The van der Waals surface area contributed by atoms with E-state index in [9.17, 15) is 9.59 Å². The minimum absolute atomic E-state index is 0.139. The van der Waals surface area contributed by atoms with Crippen LogP contribution in [-0.4, -0.2) is 34.7 Å². The lowest BCUT2D eigenvalue weighted by molar-refractivity contribution is -0.121. The Morgan fingerprint density at radius 3 is 1.48 bits per heavy atom. The summed E-state index contributed by atoms with van der Waals surface area (Å²) in [6, 6.07) is 19.3. The quantitative estimate of drug-likeness (QED) is 0.357. The van der Waals surface area contributed by atoms with Gasteiger partial charge < -0.3 is 0 Å². The van der Waals surface area contributed by atoms with Crippen LogP contribution in [0.15, 0.2) is 70.9 Å². The van der Waals surface area contributed by atoms with Crippen LogP contribution in [0.1, 0.15) is 37.8 Å². The number of nitrogens with zero attached hydrogens (tertiary/aromatic N) is 2. The van der Waals surface area contributed by atoms with Crippen LogP contribution in [0.25, 0.3) is 0 Å². The van der Waals surface area contributed by atoms with E-state index in [1.807, 2.05) is 74.5 Å². The smallest absolute Gasteiger partial charge is 0.240 e. The van der Waals surface area contributed by atoms with Gasteiger partial charge in [0.1, 0.15) is 0 Å². The van der Waals surface area contributed by atoms with E-state index in [4.69, 9.17) is 0 Å². The lowest BCUT2D eigenvalue weighted by Crippen LogP contribution is -2.20. The maximum absolute atomic E-state index is 11.9. The van der Waals surface area contributed by atoms with Gasteiger partial charge in [-0.3, -0.25) is 9.59 Å². The second-order valence-electron chi connectivity index (χ2n) is 6.31. The Labute approximate surface area is 175 Å². The molecule has 0 aliphatic rings. The molecule has 29 heavy (non-hydrogen) atoms. The Hall–Kier alpha value is -2.93. The van der Waals surface area contributed by atoms with Gasteiger partial charge in [-0.15, -0.1) is 0 Å². The van der Waals surface area contributed by atoms with E-state index in [2.05, 4.69) is 21.1 Å². The van der Waals surface area contributed by atoms with Crippen LogP contribution in [0.3, 0.4) is 0 Å². The van der Waals surface area contributed by atoms with E-state index in [0.29, 0.717) is 24.3 Å². The number of hydrazone groups is 2. The normalized spacial score (nSPS) is 11.8. The molecule has 2 rings (SSSR count). The number of benzene rings is 2. The minimum atomic E-state index is -0.139. The highest BCUT2D eigenvalue weighted by Gasteiger charge is 2.04. The number of rotatable bonds is 10. The van der Waals surface area contributed by atoms with Gasteiger partial charge in [-0.25, -0.2) is 10.9 Å². The van der Waals surface area contributed by atoms with E-state index in [1.165, 1.54) is 0 Å². The molecule has 0 unspecified atom stereocenters. The minimum Gasteiger partial charge on any atom is -0.273 e.